The summed E-state index contributed by atoms with van der Waals surface area (Å²) in [7, 11) is 1.32. The number of hydrogen-bond donors (Lipinski definition) is 0. The molecule has 0 aliphatic rings. The second kappa shape index (κ2) is 5.77. The molecule has 0 N–H and O–H groups in total. The smallest absolute Gasteiger partial charge is 0.347 e. The van der Waals surface area contributed by atoms with Gasteiger partial charge in [-0.25, -0.2) is 9.59 Å². The molecule has 2 aromatic rings. The molecule has 1 aromatic heterocycles. The van der Waals surface area contributed by atoms with Gasteiger partial charge in [-0.2, -0.15) is 0 Å². The van der Waals surface area contributed by atoms with Crippen molar-refractivity contribution >= 4 is 16.9 Å². The third-order valence-corrected chi connectivity index (χ3v) is 3.04. The first-order valence-electron chi connectivity index (χ1n) is 6.34. The second-order valence-electron chi connectivity index (χ2n) is 4.44. The molecule has 5 nitrogen and oxygen atoms in total. The lowest BCUT2D eigenvalue weighted by atomic mass is 10.1. The highest BCUT2D eigenvalue weighted by Crippen LogP contribution is 2.23. The van der Waals surface area contributed by atoms with E-state index in [9.17, 15) is 9.59 Å². The summed E-state index contributed by atoms with van der Waals surface area (Å²) >= 11 is 0. The molecule has 0 aliphatic heterocycles. The van der Waals surface area contributed by atoms with Gasteiger partial charge in [0.15, 0.2) is 6.10 Å². The molecule has 0 saturated heterocycles. The maximum absolute atomic E-state index is 11.5. The summed E-state index contributed by atoms with van der Waals surface area (Å²) < 4.78 is 15.4. The van der Waals surface area contributed by atoms with Gasteiger partial charge in [0.25, 0.3) is 0 Å². The Labute approximate surface area is 116 Å². The highest BCUT2D eigenvalue weighted by molar-refractivity contribution is 5.81. The molecule has 1 aromatic carbocycles. The van der Waals surface area contributed by atoms with Crippen molar-refractivity contribution in [2.45, 2.75) is 26.4 Å². The number of rotatable bonds is 4. The van der Waals surface area contributed by atoms with Crippen molar-refractivity contribution in [3.05, 3.63) is 40.2 Å². The quantitative estimate of drug-likeness (QED) is 0.634. The van der Waals surface area contributed by atoms with Crippen LogP contribution in [0.5, 0.6) is 5.75 Å². The largest absolute Gasteiger partial charge is 0.479 e. The number of fused-ring (bicyclic) bond motifs is 1. The summed E-state index contributed by atoms with van der Waals surface area (Å²) in [5, 5.41) is 0.836. The van der Waals surface area contributed by atoms with Crippen molar-refractivity contribution in [3.63, 3.8) is 0 Å². The second-order valence-corrected chi connectivity index (χ2v) is 4.44. The van der Waals surface area contributed by atoms with Crippen LogP contribution in [0.25, 0.3) is 11.0 Å². The van der Waals surface area contributed by atoms with E-state index < -0.39 is 17.7 Å². The Hall–Kier alpha value is -2.30. The van der Waals surface area contributed by atoms with E-state index in [2.05, 4.69) is 4.74 Å². The van der Waals surface area contributed by atoms with Gasteiger partial charge in [0.2, 0.25) is 0 Å². The van der Waals surface area contributed by atoms with Crippen LogP contribution in [0.3, 0.4) is 0 Å². The van der Waals surface area contributed by atoms with Crippen molar-refractivity contribution in [1.29, 1.82) is 0 Å². The summed E-state index contributed by atoms with van der Waals surface area (Å²) in [6.07, 6.45) is -0.184. The lowest BCUT2D eigenvalue weighted by molar-refractivity contribution is -0.148. The maximum Gasteiger partial charge on any atom is 0.347 e. The van der Waals surface area contributed by atoms with E-state index in [-0.39, 0.29) is 0 Å². The van der Waals surface area contributed by atoms with Gasteiger partial charge >= 0.3 is 11.6 Å². The van der Waals surface area contributed by atoms with Crippen LogP contribution in [0.2, 0.25) is 0 Å². The average molecular weight is 276 g/mol. The molecule has 1 atom stereocenters. The van der Waals surface area contributed by atoms with Gasteiger partial charge in [0.1, 0.15) is 11.3 Å². The lowest BCUT2D eigenvalue weighted by Gasteiger charge is -2.15. The number of aryl methyl sites for hydroxylation is 1. The predicted molar refractivity (Wildman–Crippen MR) is 73.9 cm³/mol. The molecule has 20 heavy (non-hydrogen) atoms. The summed E-state index contributed by atoms with van der Waals surface area (Å²) in [6.45, 7) is 3.66. The Morgan fingerprint density at radius 3 is 2.75 bits per heavy atom. The third-order valence-electron chi connectivity index (χ3n) is 3.04. The van der Waals surface area contributed by atoms with E-state index in [1.54, 1.807) is 18.2 Å². The number of methoxy groups -OCH3 is 1. The van der Waals surface area contributed by atoms with E-state index in [1.165, 1.54) is 13.2 Å². The van der Waals surface area contributed by atoms with Gasteiger partial charge in [0.05, 0.1) is 7.11 Å². The Morgan fingerprint density at radius 1 is 1.35 bits per heavy atom. The van der Waals surface area contributed by atoms with Crippen molar-refractivity contribution in [3.8, 4) is 5.75 Å². The highest BCUT2D eigenvalue weighted by Gasteiger charge is 2.19. The van der Waals surface area contributed by atoms with Gasteiger partial charge in [0, 0.05) is 17.5 Å². The van der Waals surface area contributed by atoms with Crippen LogP contribution >= 0.6 is 0 Å². The van der Waals surface area contributed by atoms with Crippen molar-refractivity contribution in [2.24, 2.45) is 0 Å². The normalized spacial score (nSPS) is 12.2. The number of hydrogen-bond acceptors (Lipinski definition) is 5. The fraction of sp³-hybridized carbons (Fsp3) is 0.333. The zero-order chi connectivity index (χ0) is 14.7. The van der Waals surface area contributed by atoms with Crippen molar-refractivity contribution in [1.82, 2.24) is 0 Å². The third kappa shape index (κ3) is 2.82. The summed E-state index contributed by atoms with van der Waals surface area (Å²) in [5.41, 5.74) is 0.863. The van der Waals surface area contributed by atoms with Crippen LogP contribution in [-0.2, 0) is 9.53 Å². The fourth-order valence-corrected chi connectivity index (χ4v) is 1.97. The number of ether oxygens (including phenoxy) is 2. The van der Waals surface area contributed by atoms with Crippen LogP contribution in [0.4, 0.5) is 0 Å². The van der Waals surface area contributed by atoms with Crippen LogP contribution < -0.4 is 10.4 Å². The Bertz CT molecular complexity index is 686. The van der Waals surface area contributed by atoms with Crippen molar-refractivity contribution in [2.75, 3.05) is 7.11 Å². The zero-order valence-corrected chi connectivity index (χ0v) is 11.6. The summed E-state index contributed by atoms with van der Waals surface area (Å²) in [5.74, 6) is 0.0294. The number of benzene rings is 1. The molecule has 0 amide bonds. The van der Waals surface area contributed by atoms with E-state index in [1.807, 2.05) is 13.8 Å². The van der Waals surface area contributed by atoms with Crippen LogP contribution in [-0.4, -0.2) is 19.2 Å². The van der Waals surface area contributed by atoms with Crippen molar-refractivity contribution < 1.29 is 18.7 Å². The standard InChI is InChI=1S/C15H16O5/c1-4-12(15(17)18-3)19-10-5-6-11-9(2)7-14(16)20-13(11)8-10/h5-8,12H,4H2,1-3H3/t12-/m1/s1. The van der Waals surface area contributed by atoms with E-state index in [0.29, 0.717) is 17.8 Å². The Kier molecular flexibility index (Phi) is 4.08. The molecular weight excluding hydrogens is 260 g/mol. The van der Waals surface area contributed by atoms with Gasteiger partial charge in [-0.15, -0.1) is 0 Å². The predicted octanol–water partition coefficient (Wildman–Crippen LogP) is 2.43. The van der Waals surface area contributed by atoms with E-state index >= 15 is 0 Å². The van der Waals surface area contributed by atoms with E-state index in [4.69, 9.17) is 9.15 Å². The molecule has 0 saturated carbocycles. The first-order chi connectivity index (χ1) is 9.55. The zero-order valence-electron chi connectivity index (χ0n) is 11.6. The molecule has 5 heteroatoms. The van der Waals surface area contributed by atoms with Crippen LogP contribution in [0, 0.1) is 6.92 Å². The number of carbonyl (C=O) groups excluding carboxylic acids is 1. The van der Waals surface area contributed by atoms with E-state index in [0.717, 1.165) is 10.9 Å². The molecule has 106 valence electrons. The molecule has 2 rings (SSSR count). The molecule has 0 fully saturated rings. The molecule has 0 unspecified atom stereocenters. The first kappa shape index (κ1) is 14.1. The minimum Gasteiger partial charge on any atom is -0.479 e. The topological polar surface area (TPSA) is 65.7 Å². The molecule has 0 bridgehead atoms. The molecule has 1 heterocycles. The molecule has 0 radical (unpaired) electrons. The Balaban J connectivity index is 2.36. The van der Waals surface area contributed by atoms with Gasteiger partial charge in [-0.1, -0.05) is 6.92 Å². The average Bonchev–Trinajstić information content (AvgIpc) is 2.43. The van der Waals surface area contributed by atoms with Gasteiger partial charge in [-0.3, -0.25) is 0 Å². The maximum atomic E-state index is 11.5. The van der Waals surface area contributed by atoms with Crippen LogP contribution in [0.15, 0.2) is 33.5 Å². The Morgan fingerprint density at radius 2 is 2.10 bits per heavy atom. The first-order valence-corrected chi connectivity index (χ1v) is 6.34. The number of carbonyl (C=O) groups is 1. The summed E-state index contributed by atoms with van der Waals surface area (Å²) in [6, 6.07) is 6.58. The van der Waals surface area contributed by atoms with Crippen LogP contribution in [0.1, 0.15) is 18.9 Å². The monoisotopic (exact) mass is 276 g/mol. The highest BCUT2D eigenvalue weighted by atomic mass is 16.6. The molecule has 0 aliphatic carbocycles. The molecule has 0 spiro atoms. The lowest BCUT2D eigenvalue weighted by Crippen LogP contribution is -2.27. The summed E-state index contributed by atoms with van der Waals surface area (Å²) in [4.78, 5) is 22.9. The van der Waals surface area contributed by atoms with Gasteiger partial charge in [-0.05, 0) is 31.0 Å². The minimum atomic E-state index is -0.672. The SMILES string of the molecule is CC[C@@H](Oc1ccc2c(C)cc(=O)oc2c1)C(=O)OC. The van der Waals surface area contributed by atoms with Gasteiger partial charge < -0.3 is 13.9 Å². The number of esters is 1. The fourth-order valence-electron chi connectivity index (χ4n) is 1.97. The molecular formula is C15H16O5. The minimum absolute atomic E-state index is 0.410.